The zero-order valence-electron chi connectivity index (χ0n) is 9.47. The van der Waals surface area contributed by atoms with Crippen LogP contribution in [0.5, 0.6) is 0 Å². The van der Waals surface area contributed by atoms with E-state index in [4.69, 9.17) is 5.73 Å². The fraction of sp³-hybridized carbons (Fsp3) is 0.545. The van der Waals surface area contributed by atoms with Crippen molar-refractivity contribution in [1.29, 1.82) is 0 Å². The van der Waals surface area contributed by atoms with Crippen LogP contribution < -0.4 is 11.1 Å². The van der Waals surface area contributed by atoms with E-state index in [9.17, 15) is 0 Å². The molecular formula is C11H18BrN3. The van der Waals surface area contributed by atoms with Gasteiger partial charge in [-0.1, -0.05) is 0 Å². The largest absolute Gasteiger partial charge is 0.364 e. The molecule has 0 fully saturated rings. The first-order chi connectivity index (χ1) is 6.94. The van der Waals surface area contributed by atoms with Crippen LogP contribution in [-0.4, -0.2) is 17.1 Å². The van der Waals surface area contributed by atoms with Crippen LogP contribution in [0.1, 0.15) is 25.8 Å². The summed E-state index contributed by atoms with van der Waals surface area (Å²) in [5, 5.41) is 3.38. The molecule has 3 nitrogen and oxygen atoms in total. The number of nitrogens with zero attached hydrogens (tertiary/aromatic N) is 1. The molecule has 1 aromatic heterocycles. The molecule has 15 heavy (non-hydrogen) atoms. The third-order valence-electron chi connectivity index (χ3n) is 2.20. The fourth-order valence-corrected chi connectivity index (χ4v) is 1.93. The predicted octanol–water partition coefficient (Wildman–Crippen LogP) is 2.69. The number of hydrogen-bond acceptors (Lipinski definition) is 3. The summed E-state index contributed by atoms with van der Waals surface area (Å²) in [6.45, 7) is 6.93. The van der Waals surface area contributed by atoms with Gasteiger partial charge in [-0.05, 0) is 61.3 Å². The van der Waals surface area contributed by atoms with Gasteiger partial charge in [-0.3, -0.25) is 0 Å². The Hall–Kier alpha value is -0.610. The second-order valence-electron chi connectivity index (χ2n) is 4.39. The number of halogens is 1. The van der Waals surface area contributed by atoms with Gasteiger partial charge < -0.3 is 11.1 Å². The molecule has 0 aromatic carbocycles. The lowest BCUT2D eigenvalue weighted by Crippen LogP contribution is -2.33. The van der Waals surface area contributed by atoms with Crippen molar-refractivity contribution in [1.82, 2.24) is 4.98 Å². The van der Waals surface area contributed by atoms with Gasteiger partial charge in [0, 0.05) is 11.7 Å². The van der Waals surface area contributed by atoms with Gasteiger partial charge in [0.15, 0.2) is 0 Å². The Morgan fingerprint density at radius 3 is 2.73 bits per heavy atom. The molecule has 0 saturated heterocycles. The van der Waals surface area contributed by atoms with Gasteiger partial charge in [0.2, 0.25) is 0 Å². The van der Waals surface area contributed by atoms with E-state index in [1.807, 2.05) is 19.2 Å². The average Bonchev–Trinajstić information content (AvgIpc) is 2.09. The third-order valence-corrected chi connectivity index (χ3v) is 2.81. The summed E-state index contributed by atoms with van der Waals surface area (Å²) in [6, 6.07) is 2.05. The molecule has 3 N–H and O–H groups in total. The van der Waals surface area contributed by atoms with E-state index >= 15 is 0 Å². The van der Waals surface area contributed by atoms with Crippen LogP contribution in [0.3, 0.4) is 0 Å². The van der Waals surface area contributed by atoms with Crippen LogP contribution in [0.2, 0.25) is 0 Å². The maximum absolute atomic E-state index is 5.56. The van der Waals surface area contributed by atoms with E-state index in [0.29, 0.717) is 6.54 Å². The summed E-state index contributed by atoms with van der Waals surface area (Å²) in [5.41, 5.74) is 6.67. The Bertz CT molecular complexity index is 337. The second kappa shape index (κ2) is 4.94. The minimum Gasteiger partial charge on any atom is -0.364 e. The van der Waals surface area contributed by atoms with Crippen molar-refractivity contribution in [3.8, 4) is 0 Å². The number of nitrogens with two attached hydrogens (primary N) is 1. The molecule has 1 heterocycles. The number of pyridine rings is 1. The van der Waals surface area contributed by atoms with Crippen molar-refractivity contribution < 1.29 is 0 Å². The molecule has 84 valence electrons. The third kappa shape index (κ3) is 3.80. The number of nitrogens with one attached hydrogen (secondary N) is 1. The van der Waals surface area contributed by atoms with E-state index in [1.54, 1.807) is 0 Å². The number of anilines is 1. The maximum atomic E-state index is 5.56. The molecule has 1 rings (SSSR count). The van der Waals surface area contributed by atoms with Crippen molar-refractivity contribution in [2.75, 3.05) is 11.9 Å². The maximum Gasteiger partial charge on any atom is 0.140 e. The lowest BCUT2D eigenvalue weighted by Gasteiger charge is -2.26. The Kier molecular flexibility index (Phi) is 4.11. The highest BCUT2D eigenvalue weighted by molar-refractivity contribution is 9.10. The first-order valence-corrected chi connectivity index (χ1v) is 5.84. The minimum atomic E-state index is -0.0282. The van der Waals surface area contributed by atoms with Crippen LogP contribution >= 0.6 is 15.9 Å². The van der Waals surface area contributed by atoms with Crippen LogP contribution in [0, 0.1) is 6.92 Å². The number of hydrogen-bond donors (Lipinski definition) is 2. The molecule has 0 spiro atoms. The van der Waals surface area contributed by atoms with Gasteiger partial charge >= 0.3 is 0 Å². The molecule has 0 aliphatic heterocycles. The molecule has 0 aliphatic rings. The molecule has 0 radical (unpaired) electrons. The number of rotatable bonds is 4. The quantitative estimate of drug-likeness (QED) is 0.886. The van der Waals surface area contributed by atoms with Gasteiger partial charge in [-0.25, -0.2) is 4.98 Å². The molecule has 0 atom stereocenters. The van der Waals surface area contributed by atoms with E-state index in [2.05, 4.69) is 40.1 Å². The highest BCUT2D eigenvalue weighted by atomic mass is 79.9. The first-order valence-electron chi connectivity index (χ1n) is 5.05. The van der Waals surface area contributed by atoms with Crippen LogP contribution in [-0.2, 0) is 0 Å². The van der Waals surface area contributed by atoms with Gasteiger partial charge in [-0.15, -0.1) is 0 Å². The topological polar surface area (TPSA) is 50.9 Å². The summed E-state index contributed by atoms with van der Waals surface area (Å²) in [5.74, 6) is 0.874. The standard InChI is InChI=1S/C11H18BrN3/c1-8-6-9(12)10(14-7-8)15-11(2,3)4-5-13/h6-7H,4-5,13H2,1-3H3,(H,14,15). The molecule has 0 amide bonds. The van der Waals surface area contributed by atoms with Gasteiger partial charge in [0.05, 0.1) is 4.47 Å². The van der Waals surface area contributed by atoms with Crippen LogP contribution in [0.15, 0.2) is 16.7 Å². The van der Waals surface area contributed by atoms with Crippen LogP contribution in [0.25, 0.3) is 0 Å². The molecule has 4 heteroatoms. The van der Waals surface area contributed by atoms with Crippen molar-refractivity contribution in [2.24, 2.45) is 5.73 Å². The summed E-state index contributed by atoms with van der Waals surface area (Å²) < 4.78 is 0.993. The van der Waals surface area contributed by atoms with E-state index in [1.165, 1.54) is 0 Å². The summed E-state index contributed by atoms with van der Waals surface area (Å²) in [7, 11) is 0. The monoisotopic (exact) mass is 271 g/mol. The van der Waals surface area contributed by atoms with Crippen molar-refractivity contribution in [2.45, 2.75) is 32.7 Å². The molecular weight excluding hydrogens is 254 g/mol. The molecule has 0 unspecified atom stereocenters. The van der Waals surface area contributed by atoms with Gasteiger partial charge in [0.1, 0.15) is 5.82 Å². The van der Waals surface area contributed by atoms with Crippen LogP contribution in [0.4, 0.5) is 5.82 Å². The van der Waals surface area contributed by atoms with Gasteiger partial charge in [0.25, 0.3) is 0 Å². The SMILES string of the molecule is Cc1cnc(NC(C)(C)CCN)c(Br)c1. The average molecular weight is 272 g/mol. The summed E-state index contributed by atoms with van der Waals surface area (Å²) in [6.07, 6.45) is 2.76. The predicted molar refractivity (Wildman–Crippen MR) is 68.0 cm³/mol. The minimum absolute atomic E-state index is 0.0282. The molecule has 0 saturated carbocycles. The second-order valence-corrected chi connectivity index (χ2v) is 5.24. The summed E-state index contributed by atoms with van der Waals surface area (Å²) >= 11 is 3.49. The number of aryl methyl sites for hydroxylation is 1. The molecule has 0 bridgehead atoms. The first kappa shape index (κ1) is 12.5. The fourth-order valence-electron chi connectivity index (χ4n) is 1.37. The van der Waals surface area contributed by atoms with E-state index < -0.39 is 0 Å². The van der Waals surface area contributed by atoms with E-state index in [-0.39, 0.29) is 5.54 Å². The van der Waals surface area contributed by atoms with Crippen molar-refractivity contribution in [3.63, 3.8) is 0 Å². The highest BCUT2D eigenvalue weighted by Gasteiger charge is 2.17. The zero-order valence-corrected chi connectivity index (χ0v) is 11.1. The Balaban J connectivity index is 2.80. The summed E-state index contributed by atoms with van der Waals surface area (Å²) in [4.78, 5) is 4.35. The Morgan fingerprint density at radius 2 is 2.20 bits per heavy atom. The Labute approximate surface area is 99.6 Å². The zero-order chi connectivity index (χ0) is 11.5. The van der Waals surface area contributed by atoms with Crippen molar-refractivity contribution >= 4 is 21.7 Å². The van der Waals surface area contributed by atoms with E-state index in [0.717, 1.165) is 22.3 Å². The van der Waals surface area contributed by atoms with Crippen molar-refractivity contribution in [3.05, 3.63) is 22.3 Å². The normalized spacial score (nSPS) is 11.5. The Morgan fingerprint density at radius 1 is 1.53 bits per heavy atom. The molecule has 0 aliphatic carbocycles. The lowest BCUT2D eigenvalue weighted by atomic mass is 10.0. The smallest absolute Gasteiger partial charge is 0.140 e. The highest BCUT2D eigenvalue weighted by Crippen LogP contribution is 2.24. The lowest BCUT2D eigenvalue weighted by molar-refractivity contribution is 0.524. The number of aromatic nitrogens is 1. The van der Waals surface area contributed by atoms with Gasteiger partial charge in [-0.2, -0.15) is 0 Å². The molecule has 1 aromatic rings.